The second kappa shape index (κ2) is 5.82. The Labute approximate surface area is 140 Å². The Kier molecular flexibility index (Phi) is 3.51. The number of carbonyl (C=O) groups excluding carboxylic acids is 1. The van der Waals surface area contributed by atoms with E-state index in [9.17, 15) is 4.79 Å². The minimum Gasteiger partial charge on any atom is -0.497 e. The van der Waals surface area contributed by atoms with Crippen LogP contribution in [0.1, 0.15) is 10.4 Å². The molecule has 0 spiro atoms. The Morgan fingerprint density at radius 2 is 1.21 bits per heavy atom. The summed E-state index contributed by atoms with van der Waals surface area (Å²) in [6.45, 7) is 0. The number of methoxy groups -OCH3 is 1. The fraction of sp³-hybridized carbons (Fsp3) is 0.0455. The van der Waals surface area contributed by atoms with Crippen molar-refractivity contribution in [3.63, 3.8) is 0 Å². The first-order valence-electron chi connectivity index (χ1n) is 7.86. The molecule has 0 saturated carbocycles. The lowest BCUT2D eigenvalue weighted by Gasteiger charge is -2.14. The van der Waals surface area contributed by atoms with Crippen LogP contribution in [0.15, 0.2) is 72.8 Å². The van der Waals surface area contributed by atoms with Gasteiger partial charge in [0.15, 0.2) is 6.29 Å². The predicted octanol–water partition coefficient (Wildman–Crippen LogP) is 5.48. The third kappa shape index (κ3) is 2.16. The predicted molar refractivity (Wildman–Crippen MR) is 98.8 cm³/mol. The van der Waals surface area contributed by atoms with E-state index in [1.54, 1.807) is 7.11 Å². The molecule has 24 heavy (non-hydrogen) atoms. The normalized spacial score (nSPS) is 10.9. The topological polar surface area (TPSA) is 26.3 Å². The molecule has 0 fully saturated rings. The maximum absolute atomic E-state index is 11.7. The van der Waals surface area contributed by atoms with Gasteiger partial charge in [0, 0.05) is 5.56 Å². The van der Waals surface area contributed by atoms with Crippen LogP contribution >= 0.6 is 0 Å². The molecule has 0 aliphatic carbocycles. The van der Waals surface area contributed by atoms with E-state index in [4.69, 9.17) is 4.74 Å². The number of fused-ring (bicyclic) bond motifs is 2. The van der Waals surface area contributed by atoms with Crippen molar-refractivity contribution in [2.24, 2.45) is 0 Å². The molecule has 0 amide bonds. The molecule has 2 nitrogen and oxygen atoms in total. The molecule has 2 heteroatoms. The molecule has 0 aromatic heterocycles. The highest BCUT2D eigenvalue weighted by atomic mass is 16.5. The molecule has 0 radical (unpaired) electrons. The number of carbonyl (C=O) groups is 1. The molecule has 0 aliphatic rings. The summed E-state index contributed by atoms with van der Waals surface area (Å²) in [5.74, 6) is 0.830. The lowest BCUT2D eigenvalue weighted by Crippen LogP contribution is -1.92. The Balaban J connectivity index is 2.17. The molecule has 0 N–H and O–H groups in total. The summed E-state index contributed by atoms with van der Waals surface area (Å²) >= 11 is 0. The summed E-state index contributed by atoms with van der Waals surface area (Å²) in [5, 5.41) is 4.14. The Hall–Kier alpha value is -3.13. The largest absolute Gasteiger partial charge is 0.497 e. The van der Waals surface area contributed by atoms with Gasteiger partial charge in [-0.3, -0.25) is 4.79 Å². The van der Waals surface area contributed by atoms with Crippen molar-refractivity contribution in [2.75, 3.05) is 7.11 Å². The van der Waals surface area contributed by atoms with Crippen LogP contribution in [0.25, 0.3) is 32.7 Å². The van der Waals surface area contributed by atoms with Crippen LogP contribution in [0, 0.1) is 0 Å². The standard InChI is InChI=1S/C22H16O2/c1-24-16-12-10-15(11-13-16)22-19-8-4-2-6-17(19)21(14-23)18-7-3-5-9-20(18)22/h2-14H,1H3. The average molecular weight is 312 g/mol. The Morgan fingerprint density at radius 3 is 1.67 bits per heavy atom. The number of rotatable bonds is 3. The maximum Gasteiger partial charge on any atom is 0.151 e. The van der Waals surface area contributed by atoms with Gasteiger partial charge in [0.25, 0.3) is 0 Å². The number of ether oxygens (including phenoxy) is 1. The summed E-state index contributed by atoms with van der Waals surface area (Å²) in [6.07, 6.45) is 0.961. The molecular formula is C22H16O2. The van der Waals surface area contributed by atoms with Gasteiger partial charge in [0.2, 0.25) is 0 Å². The van der Waals surface area contributed by atoms with Crippen molar-refractivity contribution in [3.05, 3.63) is 78.4 Å². The van der Waals surface area contributed by atoms with E-state index in [0.717, 1.165) is 50.3 Å². The Morgan fingerprint density at radius 1 is 0.708 bits per heavy atom. The van der Waals surface area contributed by atoms with E-state index >= 15 is 0 Å². The molecule has 0 aliphatic heterocycles. The number of hydrogen-bond acceptors (Lipinski definition) is 2. The summed E-state index contributed by atoms with van der Waals surface area (Å²) in [6, 6.07) is 24.2. The van der Waals surface area contributed by atoms with Crippen LogP contribution < -0.4 is 4.74 Å². The zero-order chi connectivity index (χ0) is 16.5. The van der Waals surface area contributed by atoms with E-state index in [-0.39, 0.29) is 0 Å². The summed E-state index contributed by atoms with van der Waals surface area (Å²) in [4.78, 5) is 11.7. The third-order valence-electron chi connectivity index (χ3n) is 4.47. The first kappa shape index (κ1) is 14.5. The number of aldehydes is 1. The minimum atomic E-state index is 0.749. The smallest absolute Gasteiger partial charge is 0.151 e. The van der Waals surface area contributed by atoms with Gasteiger partial charge < -0.3 is 4.74 Å². The fourth-order valence-electron chi connectivity index (χ4n) is 3.36. The first-order chi connectivity index (χ1) is 11.8. The third-order valence-corrected chi connectivity index (χ3v) is 4.47. The van der Waals surface area contributed by atoms with Gasteiger partial charge in [0.1, 0.15) is 5.75 Å². The SMILES string of the molecule is COc1ccc(-c2c3ccccc3c(C=O)c3ccccc23)cc1. The summed E-state index contributed by atoms with van der Waals surface area (Å²) in [5.41, 5.74) is 3.01. The van der Waals surface area contributed by atoms with Gasteiger partial charge in [-0.05, 0) is 44.8 Å². The lowest BCUT2D eigenvalue weighted by atomic mass is 9.89. The second-order valence-electron chi connectivity index (χ2n) is 5.73. The van der Waals surface area contributed by atoms with Gasteiger partial charge in [-0.25, -0.2) is 0 Å². The van der Waals surface area contributed by atoms with Gasteiger partial charge in [0.05, 0.1) is 7.11 Å². The van der Waals surface area contributed by atoms with Crippen molar-refractivity contribution in [2.45, 2.75) is 0 Å². The van der Waals surface area contributed by atoms with Gasteiger partial charge in [-0.15, -0.1) is 0 Å². The highest BCUT2D eigenvalue weighted by Gasteiger charge is 2.14. The highest BCUT2D eigenvalue weighted by molar-refractivity contribution is 6.20. The molecular weight excluding hydrogens is 296 g/mol. The maximum atomic E-state index is 11.7. The van der Waals surface area contributed by atoms with Crippen LogP contribution in [0.5, 0.6) is 5.75 Å². The molecule has 0 atom stereocenters. The van der Waals surface area contributed by atoms with Crippen molar-refractivity contribution >= 4 is 27.8 Å². The van der Waals surface area contributed by atoms with Crippen LogP contribution in [0.4, 0.5) is 0 Å². The number of benzene rings is 4. The average Bonchev–Trinajstić information content (AvgIpc) is 2.66. The Bertz CT molecular complexity index is 990. The van der Waals surface area contributed by atoms with Gasteiger partial charge in [-0.2, -0.15) is 0 Å². The van der Waals surface area contributed by atoms with E-state index in [1.165, 1.54) is 0 Å². The van der Waals surface area contributed by atoms with Crippen molar-refractivity contribution in [1.29, 1.82) is 0 Å². The summed E-state index contributed by atoms with van der Waals surface area (Å²) in [7, 11) is 1.67. The van der Waals surface area contributed by atoms with E-state index in [2.05, 4.69) is 24.3 Å². The first-order valence-corrected chi connectivity index (χ1v) is 7.86. The van der Waals surface area contributed by atoms with E-state index in [0.29, 0.717) is 0 Å². The molecule has 0 bridgehead atoms. The molecule has 116 valence electrons. The van der Waals surface area contributed by atoms with Crippen LogP contribution in [0.2, 0.25) is 0 Å². The zero-order valence-electron chi connectivity index (χ0n) is 13.3. The van der Waals surface area contributed by atoms with E-state index < -0.39 is 0 Å². The molecule has 0 unspecified atom stereocenters. The zero-order valence-corrected chi connectivity index (χ0v) is 13.3. The van der Waals surface area contributed by atoms with Crippen LogP contribution in [-0.2, 0) is 0 Å². The summed E-state index contributed by atoms with van der Waals surface area (Å²) < 4.78 is 5.27. The van der Waals surface area contributed by atoms with Crippen LogP contribution in [-0.4, -0.2) is 13.4 Å². The molecule has 4 aromatic rings. The van der Waals surface area contributed by atoms with Crippen LogP contribution in [0.3, 0.4) is 0 Å². The van der Waals surface area contributed by atoms with Gasteiger partial charge in [-0.1, -0.05) is 60.7 Å². The quantitative estimate of drug-likeness (QED) is 0.370. The van der Waals surface area contributed by atoms with Crippen molar-refractivity contribution in [1.82, 2.24) is 0 Å². The second-order valence-corrected chi connectivity index (χ2v) is 5.73. The monoisotopic (exact) mass is 312 g/mol. The minimum absolute atomic E-state index is 0.749. The van der Waals surface area contributed by atoms with Gasteiger partial charge >= 0.3 is 0 Å². The van der Waals surface area contributed by atoms with Crippen molar-refractivity contribution < 1.29 is 9.53 Å². The van der Waals surface area contributed by atoms with E-state index in [1.807, 2.05) is 48.5 Å². The molecule has 4 aromatic carbocycles. The lowest BCUT2D eigenvalue weighted by molar-refractivity contribution is 0.112. The van der Waals surface area contributed by atoms with Crippen molar-refractivity contribution in [3.8, 4) is 16.9 Å². The molecule has 0 saturated heterocycles. The highest BCUT2D eigenvalue weighted by Crippen LogP contribution is 2.38. The number of hydrogen-bond donors (Lipinski definition) is 0. The fourth-order valence-corrected chi connectivity index (χ4v) is 3.36. The molecule has 0 heterocycles. The molecule has 4 rings (SSSR count).